The van der Waals surface area contributed by atoms with Crippen molar-refractivity contribution in [3.8, 4) is 0 Å². The van der Waals surface area contributed by atoms with Gasteiger partial charge in [0.15, 0.2) is 0 Å². The molecule has 0 aliphatic rings. The average molecular weight is 304 g/mol. The summed E-state index contributed by atoms with van der Waals surface area (Å²) in [6.45, 7) is 7.14. The van der Waals surface area contributed by atoms with E-state index in [1.54, 1.807) is 11.3 Å². The van der Waals surface area contributed by atoms with Gasteiger partial charge in [0.1, 0.15) is 5.82 Å². The summed E-state index contributed by atoms with van der Waals surface area (Å²) in [4.78, 5) is 12.5. The molecular weight excluding hydrogens is 280 g/mol. The number of nitrogens with zero attached hydrogens (tertiary/aromatic N) is 3. The molecule has 2 heterocycles. The molecule has 0 radical (unpaired) electrons. The third kappa shape index (κ3) is 5.44. The van der Waals surface area contributed by atoms with Gasteiger partial charge in [0.2, 0.25) is 0 Å². The molecule has 2 aromatic heterocycles. The number of nitrogens with one attached hydrogen (secondary N) is 1. The first kappa shape index (κ1) is 15.9. The summed E-state index contributed by atoms with van der Waals surface area (Å²) in [5, 5.41) is 5.50. The second-order valence-electron chi connectivity index (χ2n) is 5.64. The van der Waals surface area contributed by atoms with E-state index in [0.29, 0.717) is 5.92 Å². The molecule has 0 aliphatic carbocycles. The highest BCUT2D eigenvalue weighted by molar-refractivity contribution is 7.09. The number of hydrogen-bond acceptors (Lipinski definition) is 5. The van der Waals surface area contributed by atoms with E-state index in [9.17, 15) is 0 Å². The predicted molar refractivity (Wildman–Crippen MR) is 89.9 cm³/mol. The summed E-state index contributed by atoms with van der Waals surface area (Å²) in [5.74, 6) is 1.58. The van der Waals surface area contributed by atoms with Crippen molar-refractivity contribution in [1.29, 1.82) is 0 Å². The van der Waals surface area contributed by atoms with Gasteiger partial charge in [-0.15, -0.1) is 11.3 Å². The minimum Gasteiger partial charge on any atom is -0.358 e. The second kappa shape index (κ2) is 8.10. The average Bonchev–Trinajstić information content (AvgIpc) is 2.98. The van der Waals surface area contributed by atoms with Gasteiger partial charge in [-0.3, -0.25) is 4.98 Å². The van der Waals surface area contributed by atoms with E-state index in [2.05, 4.69) is 58.6 Å². The molecule has 0 bridgehead atoms. The Morgan fingerprint density at radius 1 is 1.29 bits per heavy atom. The van der Waals surface area contributed by atoms with Crippen molar-refractivity contribution >= 4 is 17.2 Å². The van der Waals surface area contributed by atoms with Crippen LogP contribution < -0.4 is 10.2 Å². The van der Waals surface area contributed by atoms with Gasteiger partial charge in [-0.25, -0.2) is 4.98 Å². The topological polar surface area (TPSA) is 41.1 Å². The Morgan fingerprint density at radius 2 is 2.14 bits per heavy atom. The Morgan fingerprint density at radius 3 is 2.76 bits per heavy atom. The van der Waals surface area contributed by atoms with Crippen molar-refractivity contribution in [3.05, 3.63) is 40.5 Å². The highest BCUT2D eigenvalue weighted by Crippen LogP contribution is 2.12. The van der Waals surface area contributed by atoms with Gasteiger partial charge in [0.25, 0.3) is 0 Å². The molecule has 5 heteroatoms. The first-order valence-corrected chi connectivity index (χ1v) is 8.28. The fourth-order valence-electron chi connectivity index (χ4n) is 1.97. The van der Waals surface area contributed by atoms with Crippen molar-refractivity contribution < 1.29 is 0 Å². The molecule has 0 fully saturated rings. The maximum Gasteiger partial charge on any atom is 0.146 e. The summed E-state index contributed by atoms with van der Waals surface area (Å²) in [5.41, 5.74) is 0.992. The SMILES string of the molecule is CC(C)CNCc1cnc(N(C)CCc2cccs2)cn1. The minimum absolute atomic E-state index is 0.653. The van der Waals surface area contributed by atoms with Gasteiger partial charge in [-0.1, -0.05) is 19.9 Å². The zero-order valence-corrected chi connectivity index (χ0v) is 13.9. The second-order valence-corrected chi connectivity index (χ2v) is 6.67. The lowest BCUT2D eigenvalue weighted by Crippen LogP contribution is -2.22. The Kier molecular flexibility index (Phi) is 6.14. The van der Waals surface area contributed by atoms with Crippen LogP contribution in [0.15, 0.2) is 29.9 Å². The quantitative estimate of drug-likeness (QED) is 0.814. The molecule has 114 valence electrons. The molecule has 2 aromatic rings. The molecule has 0 atom stereocenters. The first-order chi connectivity index (χ1) is 10.1. The van der Waals surface area contributed by atoms with Crippen LogP contribution in [0.5, 0.6) is 0 Å². The van der Waals surface area contributed by atoms with Crippen LogP contribution in [-0.2, 0) is 13.0 Å². The van der Waals surface area contributed by atoms with Gasteiger partial charge < -0.3 is 10.2 Å². The van der Waals surface area contributed by atoms with Gasteiger partial charge in [-0.2, -0.15) is 0 Å². The van der Waals surface area contributed by atoms with E-state index in [-0.39, 0.29) is 0 Å². The number of hydrogen-bond donors (Lipinski definition) is 1. The number of aromatic nitrogens is 2. The summed E-state index contributed by atoms with van der Waals surface area (Å²) >= 11 is 1.80. The van der Waals surface area contributed by atoms with Crippen LogP contribution in [0.25, 0.3) is 0 Å². The van der Waals surface area contributed by atoms with Crippen LogP contribution in [0, 0.1) is 5.92 Å². The van der Waals surface area contributed by atoms with E-state index in [4.69, 9.17) is 0 Å². The normalized spacial score (nSPS) is 11.0. The summed E-state index contributed by atoms with van der Waals surface area (Å²) < 4.78 is 0. The summed E-state index contributed by atoms with van der Waals surface area (Å²) in [7, 11) is 2.06. The molecule has 1 N–H and O–H groups in total. The molecule has 4 nitrogen and oxygen atoms in total. The first-order valence-electron chi connectivity index (χ1n) is 7.40. The summed E-state index contributed by atoms with van der Waals surface area (Å²) in [6, 6.07) is 4.27. The molecule has 0 amide bonds. The number of likely N-dealkylation sites (N-methyl/N-ethyl adjacent to an activating group) is 1. The third-order valence-corrected chi connectivity index (χ3v) is 4.15. The van der Waals surface area contributed by atoms with Crippen molar-refractivity contribution in [1.82, 2.24) is 15.3 Å². The lowest BCUT2D eigenvalue weighted by molar-refractivity contribution is 0.547. The molecular formula is C16H24N4S. The van der Waals surface area contributed by atoms with Gasteiger partial charge in [0, 0.05) is 25.0 Å². The van der Waals surface area contributed by atoms with Crippen molar-refractivity contribution in [2.45, 2.75) is 26.8 Å². The van der Waals surface area contributed by atoms with Crippen LogP contribution in [0.2, 0.25) is 0 Å². The maximum absolute atomic E-state index is 4.50. The van der Waals surface area contributed by atoms with E-state index < -0.39 is 0 Å². The largest absolute Gasteiger partial charge is 0.358 e. The zero-order chi connectivity index (χ0) is 15.1. The van der Waals surface area contributed by atoms with Gasteiger partial charge in [-0.05, 0) is 30.3 Å². The Labute approximate surface area is 131 Å². The van der Waals surface area contributed by atoms with E-state index in [0.717, 1.165) is 37.6 Å². The van der Waals surface area contributed by atoms with Crippen molar-refractivity contribution in [2.75, 3.05) is 25.0 Å². The van der Waals surface area contributed by atoms with Crippen molar-refractivity contribution in [3.63, 3.8) is 0 Å². The van der Waals surface area contributed by atoms with E-state index in [1.807, 2.05) is 12.4 Å². The van der Waals surface area contributed by atoms with Crippen LogP contribution in [0.4, 0.5) is 5.82 Å². The Hall–Kier alpha value is -1.46. The van der Waals surface area contributed by atoms with Crippen LogP contribution >= 0.6 is 11.3 Å². The molecule has 21 heavy (non-hydrogen) atoms. The fourth-order valence-corrected chi connectivity index (χ4v) is 2.67. The highest BCUT2D eigenvalue weighted by Gasteiger charge is 2.04. The van der Waals surface area contributed by atoms with Crippen LogP contribution in [0.3, 0.4) is 0 Å². The molecule has 2 rings (SSSR count). The molecule has 0 aliphatic heterocycles. The number of anilines is 1. The fraction of sp³-hybridized carbons (Fsp3) is 0.500. The van der Waals surface area contributed by atoms with Crippen LogP contribution in [0.1, 0.15) is 24.4 Å². The van der Waals surface area contributed by atoms with E-state index in [1.165, 1.54) is 4.88 Å². The molecule has 0 aromatic carbocycles. The predicted octanol–water partition coefficient (Wildman–Crippen LogP) is 2.96. The standard InChI is InChI=1S/C16H24N4S/c1-13(2)9-17-10-14-11-19-16(12-18-14)20(3)7-6-15-5-4-8-21-15/h4-5,8,11-13,17H,6-7,9-10H2,1-3H3. The highest BCUT2D eigenvalue weighted by atomic mass is 32.1. The Bertz CT molecular complexity index is 508. The lowest BCUT2D eigenvalue weighted by Gasteiger charge is -2.17. The monoisotopic (exact) mass is 304 g/mol. The van der Waals surface area contributed by atoms with Gasteiger partial charge in [0.05, 0.1) is 18.1 Å². The van der Waals surface area contributed by atoms with Crippen LogP contribution in [-0.4, -0.2) is 30.1 Å². The van der Waals surface area contributed by atoms with E-state index >= 15 is 0 Å². The third-order valence-electron chi connectivity index (χ3n) is 3.22. The number of rotatable bonds is 8. The Balaban J connectivity index is 1.80. The molecule has 0 saturated carbocycles. The smallest absolute Gasteiger partial charge is 0.146 e. The number of thiophene rings is 1. The zero-order valence-electron chi connectivity index (χ0n) is 13.0. The molecule has 0 spiro atoms. The van der Waals surface area contributed by atoms with Crippen molar-refractivity contribution in [2.24, 2.45) is 5.92 Å². The molecule has 0 unspecified atom stereocenters. The minimum atomic E-state index is 0.653. The lowest BCUT2D eigenvalue weighted by atomic mass is 10.2. The molecule has 0 saturated heterocycles. The summed E-state index contributed by atoms with van der Waals surface area (Å²) in [6.07, 6.45) is 4.78. The van der Waals surface area contributed by atoms with Gasteiger partial charge >= 0.3 is 0 Å². The maximum atomic E-state index is 4.50.